The van der Waals surface area contributed by atoms with Gasteiger partial charge in [0, 0.05) is 38.4 Å². The van der Waals surface area contributed by atoms with Gasteiger partial charge in [-0.2, -0.15) is 5.10 Å². The zero-order chi connectivity index (χ0) is 14.5. The number of halogens is 1. The predicted octanol–water partition coefficient (Wildman–Crippen LogP) is 2.48. The van der Waals surface area contributed by atoms with Crippen LogP contribution in [0.5, 0.6) is 0 Å². The summed E-state index contributed by atoms with van der Waals surface area (Å²) in [4.78, 5) is 7.17. The van der Waals surface area contributed by atoms with Gasteiger partial charge in [0.1, 0.15) is 0 Å². The van der Waals surface area contributed by atoms with Crippen molar-refractivity contribution in [1.29, 1.82) is 0 Å². The van der Waals surface area contributed by atoms with E-state index in [2.05, 4.69) is 36.1 Å². The van der Waals surface area contributed by atoms with E-state index in [4.69, 9.17) is 4.99 Å². The number of aryl methyl sites for hydroxylation is 1. The number of aliphatic imine (C=N–C) groups is 1. The first-order valence-electron chi connectivity index (χ1n) is 7.59. The van der Waals surface area contributed by atoms with Gasteiger partial charge >= 0.3 is 0 Å². The van der Waals surface area contributed by atoms with E-state index in [9.17, 15) is 0 Å². The molecule has 5 nitrogen and oxygen atoms in total. The van der Waals surface area contributed by atoms with Crippen molar-refractivity contribution in [1.82, 2.24) is 20.0 Å². The molecule has 0 saturated carbocycles. The number of nitrogens with zero attached hydrogens (tertiary/aromatic N) is 4. The average Bonchev–Trinajstić information content (AvgIpc) is 2.79. The molecule has 1 saturated heterocycles. The van der Waals surface area contributed by atoms with Crippen LogP contribution in [0, 0.1) is 11.8 Å². The second-order valence-corrected chi connectivity index (χ2v) is 6.04. The summed E-state index contributed by atoms with van der Waals surface area (Å²) in [6.45, 7) is 10.6. The Morgan fingerprint density at radius 3 is 2.57 bits per heavy atom. The maximum Gasteiger partial charge on any atom is 0.194 e. The fourth-order valence-electron chi connectivity index (χ4n) is 2.98. The topological polar surface area (TPSA) is 45.5 Å². The van der Waals surface area contributed by atoms with Crippen molar-refractivity contribution in [3.05, 3.63) is 18.0 Å². The standard InChI is InChI=1S/C15H27N5.HI/c1-5-16-15(17-7-14-8-18-19(4)11-14)20-9-12(2)6-13(3)10-20;/h8,11-13H,5-7,9-10H2,1-4H3,(H,16,17);1H. The lowest BCUT2D eigenvalue weighted by atomic mass is 9.92. The molecule has 1 N–H and O–H groups in total. The molecule has 0 amide bonds. The minimum atomic E-state index is 0. The molecule has 2 atom stereocenters. The van der Waals surface area contributed by atoms with E-state index in [1.165, 1.54) is 6.42 Å². The molecule has 1 fully saturated rings. The molecule has 1 aliphatic heterocycles. The quantitative estimate of drug-likeness (QED) is 0.478. The second kappa shape index (κ2) is 8.60. The van der Waals surface area contributed by atoms with Crippen molar-refractivity contribution in [2.24, 2.45) is 23.9 Å². The Kier molecular flexibility index (Phi) is 7.48. The van der Waals surface area contributed by atoms with Gasteiger partial charge in [0.25, 0.3) is 0 Å². The molecule has 0 bridgehead atoms. The van der Waals surface area contributed by atoms with E-state index >= 15 is 0 Å². The first-order chi connectivity index (χ1) is 9.58. The van der Waals surface area contributed by atoms with Crippen molar-refractivity contribution in [3.63, 3.8) is 0 Å². The maximum atomic E-state index is 4.77. The van der Waals surface area contributed by atoms with Crippen LogP contribution >= 0.6 is 24.0 Å². The predicted molar refractivity (Wildman–Crippen MR) is 98.0 cm³/mol. The van der Waals surface area contributed by atoms with Gasteiger partial charge in [0.05, 0.1) is 12.7 Å². The van der Waals surface area contributed by atoms with E-state index in [-0.39, 0.29) is 24.0 Å². The van der Waals surface area contributed by atoms with E-state index < -0.39 is 0 Å². The Morgan fingerprint density at radius 2 is 2.05 bits per heavy atom. The summed E-state index contributed by atoms with van der Waals surface area (Å²) < 4.78 is 1.82. The average molecular weight is 405 g/mol. The van der Waals surface area contributed by atoms with E-state index in [1.807, 2.05) is 24.1 Å². The molecule has 0 radical (unpaired) electrons. The first kappa shape index (κ1) is 18.3. The molecule has 2 rings (SSSR count). The molecule has 21 heavy (non-hydrogen) atoms. The third kappa shape index (κ3) is 5.48. The Bertz CT molecular complexity index is 447. The molecule has 120 valence electrons. The highest BCUT2D eigenvalue weighted by Crippen LogP contribution is 2.21. The highest BCUT2D eigenvalue weighted by molar-refractivity contribution is 14.0. The van der Waals surface area contributed by atoms with Gasteiger partial charge in [-0.05, 0) is 25.2 Å². The summed E-state index contributed by atoms with van der Waals surface area (Å²) in [5.41, 5.74) is 1.15. The van der Waals surface area contributed by atoms with Crippen LogP contribution in [0.1, 0.15) is 32.8 Å². The number of piperidine rings is 1. The van der Waals surface area contributed by atoms with Crippen LogP contribution in [0.15, 0.2) is 17.4 Å². The van der Waals surface area contributed by atoms with Crippen LogP contribution in [-0.2, 0) is 13.6 Å². The zero-order valence-electron chi connectivity index (χ0n) is 13.5. The van der Waals surface area contributed by atoms with Crippen LogP contribution in [0.4, 0.5) is 0 Å². The van der Waals surface area contributed by atoms with Crippen molar-refractivity contribution in [2.75, 3.05) is 19.6 Å². The maximum absolute atomic E-state index is 4.77. The van der Waals surface area contributed by atoms with E-state index in [0.717, 1.165) is 43.0 Å². The van der Waals surface area contributed by atoms with Crippen LogP contribution in [0.2, 0.25) is 0 Å². The first-order valence-corrected chi connectivity index (χ1v) is 7.59. The minimum absolute atomic E-state index is 0. The normalized spacial score (nSPS) is 22.9. The number of hydrogen-bond donors (Lipinski definition) is 1. The van der Waals surface area contributed by atoms with Gasteiger partial charge in [-0.3, -0.25) is 4.68 Å². The van der Waals surface area contributed by atoms with E-state index in [1.54, 1.807) is 0 Å². The van der Waals surface area contributed by atoms with Gasteiger partial charge in [-0.1, -0.05) is 13.8 Å². The number of guanidine groups is 1. The SMILES string of the molecule is CCNC(=NCc1cnn(C)c1)N1CC(C)CC(C)C1.I. The molecule has 1 aromatic rings. The lowest BCUT2D eigenvalue weighted by Crippen LogP contribution is -2.48. The highest BCUT2D eigenvalue weighted by Gasteiger charge is 2.23. The third-order valence-electron chi connectivity index (χ3n) is 3.67. The van der Waals surface area contributed by atoms with Gasteiger partial charge < -0.3 is 10.2 Å². The number of nitrogens with one attached hydrogen (secondary N) is 1. The largest absolute Gasteiger partial charge is 0.357 e. The lowest BCUT2D eigenvalue weighted by molar-refractivity contribution is 0.208. The third-order valence-corrected chi connectivity index (χ3v) is 3.67. The summed E-state index contributed by atoms with van der Waals surface area (Å²) in [6.07, 6.45) is 5.22. The van der Waals surface area contributed by atoms with Gasteiger partial charge in [-0.25, -0.2) is 4.99 Å². The zero-order valence-corrected chi connectivity index (χ0v) is 15.9. The molecule has 0 aromatic carbocycles. The number of hydrogen-bond acceptors (Lipinski definition) is 2. The van der Waals surface area contributed by atoms with Crippen LogP contribution in [0.25, 0.3) is 0 Å². The number of rotatable bonds is 3. The van der Waals surface area contributed by atoms with Crippen molar-refractivity contribution >= 4 is 29.9 Å². The van der Waals surface area contributed by atoms with Crippen molar-refractivity contribution in [2.45, 2.75) is 33.7 Å². The molecule has 0 aliphatic carbocycles. The summed E-state index contributed by atoms with van der Waals surface area (Å²) in [5, 5.41) is 7.61. The molecular weight excluding hydrogens is 377 g/mol. The van der Waals surface area contributed by atoms with Crippen molar-refractivity contribution in [3.8, 4) is 0 Å². The Hall–Kier alpha value is -0.790. The van der Waals surface area contributed by atoms with Gasteiger partial charge in [-0.15, -0.1) is 24.0 Å². The molecule has 0 spiro atoms. The Balaban J connectivity index is 0.00000220. The number of aromatic nitrogens is 2. The summed E-state index contributed by atoms with van der Waals surface area (Å²) in [7, 11) is 1.94. The van der Waals surface area contributed by atoms with Crippen LogP contribution < -0.4 is 5.32 Å². The Labute approximate surface area is 145 Å². The molecule has 2 unspecified atom stereocenters. The van der Waals surface area contributed by atoms with E-state index in [0.29, 0.717) is 6.54 Å². The van der Waals surface area contributed by atoms with Gasteiger partial charge in [0.2, 0.25) is 0 Å². The Morgan fingerprint density at radius 1 is 1.38 bits per heavy atom. The molecule has 1 aromatic heterocycles. The minimum Gasteiger partial charge on any atom is -0.357 e. The molecule has 6 heteroatoms. The monoisotopic (exact) mass is 405 g/mol. The van der Waals surface area contributed by atoms with Crippen LogP contribution in [0.3, 0.4) is 0 Å². The molecule has 1 aliphatic rings. The summed E-state index contributed by atoms with van der Waals surface area (Å²) in [6, 6.07) is 0. The second-order valence-electron chi connectivity index (χ2n) is 6.04. The van der Waals surface area contributed by atoms with Crippen molar-refractivity contribution < 1.29 is 0 Å². The fraction of sp³-hybridized carbons (Fsp3) is 0.733. The smallest absolute Gasteiger partial charge is 0.194 e. The molecule has 2 heterocycles. The number of likely N-dealkylation sites (tertiary alicyclic amines) is 1. The van der Waals surface area contributed by atoms with Crippen LogP contribution in [-0.4, -0.2) is 40.3 Å². The molecular formula is C15H28IN5. The highest BCUT2D eigenvalue weighted by atomic mass is 127. The summed E-state index contributed by atoms with van der Waals surface area (Å²) in [5.74, 6) is 2.51. The summed E-state index contributed by atoms with van der Waals surface area (Å²) >= 11 is 0. The lowest BCUT2D eigenvalue weighted by Gasteiger charge is -2.37. The van der Waals surface area contributed by atoms with Gasteiger partial charge in [0.15, 0.2) is 5.96 Å². The fourth-order valence-corrected chi connectivity index (χ4v) is 2.98.